The largest absolute Gasteiger partial charge is 0.309 e. The molecule has 0 N–H and O–H groups in total. The van der Waals surface area contributed by atoms with E-state index in [1.807, 2.05) is 18.2 Å². The highest BCUT2D eigenvalue weighted by atomic mass is 32.1. The Kier molecular flexibility index (Phi) is 7.46. The SMILES string of the molecule is c1ccc(-c2nc(-c3ccc4c(c3)sc3ccccc34)nc(-n3c4ccccc4c4c5c6ccccc6n(-c6ccccc6)c5cc(-n5c6ccccc6c6ccccc65)c43)n2)cc1. The van der Waals surface area contributed by atoms with Gasteiger partial charge in [0, 0.05) is 69.3 Å². The summed E-state index contributed by atoms with van der Waals surface area (Å²) in [6.07, 6.45) is 0. The zero-order chi connectivity index (χ0) is 41.9. The van der Waals surface area contributed by atoms with Crippen LogP contribution in [0.5, 0.6) is 0 Å². The standard InChI is InChI=1S/C57H34N6S/c1-3-17-35(18-4-1)55-58-56(36-31-32-41-40-23-11-16-30-50(40)64-51(41)33-36)60-57(59-55)63-47-29-15-10-25-43(47)53-52-42-24-9-14-28-46(42)61(37-19-5-2-6-20-37)48(52)34-49(54(53)63)62-44-26-12-7-21-38(44)39-22-8-13-27-45(39)62/h1-34H. The van der Waals surface area contributed by atoms with E-state index in [1.165, 1.54) is 41.7 Å². The summed E-state index contributed by atoms with van der Waals surface area (Å²) in [7, 11) is 0. The van der Waals surface area contributed by atoms with Crippen molar-refractivity contribution < 1.29 is 0 Å². The van der Waals surface area contributed by atoms with Gasteiger partial charge in [0.25, 0.3) is 0 Å². The molecule has 0 aliphatic heterocycles. The van der Waals surface area contributed by atoms with Gasteiger partial charge in [-0.25, -0.2) is 4.98 Å². The molecule has 5 heterocycles. The van der Waals surface area contributed by atoms with Crippen LogP contribution >= 0.6 is 11.3 Å². The van der Waals surface area contributed by atoms with Crippen LogP contribution in [0.3, 0.4) is 0 Å². The normalized spacial score (nSPS) is 12.1. The molecule has 0 bridgehead atoms. The van der Waals surface area contributed by atoms with Gasteiger partial charge in [-0.3, -0.25) is 4.57 Å². The number of rotatable bonds is 5. The predicted molar refractivity (Wildman–Crippen MR) is 267 cm³/mol. The average Bonchev–Trinajstić information content (AvgIpc) is 4.10. The van der Waals surface area contributed by atoms with Crippen molar-refractivity contribution >= 4 is 96.9 Å². The van der Waals surface area contributed by atoms with Crippen LogP contribution < -0.4 is 0 Å². The van der Waals surface area contributed by atoms with E-state index in [-0.39, 0.29) is 0 Å². The molecule has 0 unspecified atom stereocenters. The third kappa shape index (κ3) is 5.04. The first-order valence-corrected chi connectivity index (χ1v) is 22.4. The number of nitrogens with zero attached hydrogens (tertiary/aromatic N) is 6. The van der Waals surface area contributed by atoms with E-state index in [0.29, 0.717) is 17.6 Å². The minimum atomic E-state index is 0.555. The van der Waals surface area contributed by atoms with Crippen LogP contribution in [0.15, 0.2) is 206 Å². The lowest BCUT2D eigenvalue weighted by Gasteiger charge is -2.16. The summed E-state index contributed by atoms with van der Waals surface area (Å²) in [5.74, 6) is 1.79. The lowest BCUT2D eigenvalue weighted by molar-refractivity contribution is 0.950. The molecule has 5 aromatic heterocycles. The molecule has 64 heavy (non-hydrogen) atoms. The first kappa shape index (κ1) is 35.2. The monoisotopic (exact) mass is 834 g/mol. The number of fused-ring (bicyclic) bond motifs is 13. The number of thiophene rings is 1. The lowest BCUT2D eigenvalue weighted by atomic mass is 10.0. The minimum absolute atomic E-state index is 0.555. The van der Waals surface area contributed by atoms with Crippen molar-refractivity contribution in [2.24, 2.45) is 0 Å². The van der Waals surface area contributed by atoms with E-state index in [9.17, 15) is 0 Å². The summed E-state index contributed by atoms with van der Waals surface area (Å²) in [6.45, 7) is 0. The van der Waals surface area contributed by atoms with Crippen LogP contribution in [0.4, 0.5) is 0 Å². The van der Waals surface area contributed by atoms with Crippen molar-refractivity contribution in [3.8, 4) is 40.1 Å². The van der Waals surface area contributed by atoms with Crippen molar-refractivity contribution in [2.75, 3.05) is 0 Å². The Balaban J connectivity index is 1.17. The summed E-state index contributed by atoms with van der Waals surface area (Å²) < 4.78 is 9.63. The quantitative estimate of drug-likeness (QED) is 0.174. The molecule has 0 atom stereocenters. The van der Waals surface area contributed by atoms with Crippen molar-refractivity contribution in [1.29, 1.82) is 0 Å². The smallest absolute Gasteiger partial charge is 0.238 e. The second-order valence-corrected chi connectivity index (χ2v) is 17.5. The third-order valence-electron chi connectivity index (χ3n) is 12.9. The van der Waals surface area contributed by atoms with Crippen LogP contribution in [-0.4, -0.2) is 28.7 Å². The van der Waals surface area contributed by atoms with Gasteiger partial charge < -0.3 is 9.13 Å². The van der Waals surface area contributed by atoms with Crippen LogP contribution in [0.25, 0.3) is 126 Å². The van der Waals surface area contributed by atoms with Gasteiger partial charge in [-0.2, -0.15) is 9.97 Å². The van der Waals surface area contributed by atoms with Gasteiger partial charge in [-0.1, -0.05) is 152 Å². The maximum atomic E-state index is 5.51. The van der Waals surface area contributed by atoms with Gasteiger partial charge in [-0.05, 0) is 54.6 Å². The number of aromatic nitrogens is 6. The predicted octanol–water partition coefficient (Wildman–Crippen LogP) is 14.9. The molecule has 6 nitrogen and oxygen atoms in total. The summed E-state index contributed by atoms with van der Waals surface area (Å²) in [6, 6.07) is 73.7. The summed E-state index contributed by atoms with van der Waals surface area (Å²) in [5, 5.41) is 9.52. The van der Waals surface area contributed by atoms with Gasteiger partial charge in [0.1, 0.15) is 0 Å². The Labute approximate surface area is 370 Å². The highest BCUT2D eigenvalue weighted by Crippen LogP contribution is 2.47. The lowest BCUT2D eigenvalue weighted by Crippen LogP contribution is -2.08. The molecular weight excluding hydrogens is 801 g/mol. The molecule has 14 rings (SSSR count). The molecule has 0 aliphatic carbocycles. The van der Waals surface area contributed by atoms with E-state index in [1.54, 1.807) is 11.3 Å². The van der Waals surface area contributed by atoms with Crippen LogP contribution in [-0.2, 0) is 0 Å². The van der Waals surface area contributed by atoms with E-state index in [4.69, 9.17) is 15.0 Å². The fourth-order valence-corrected chi connectivity index (χ4v) is 11.3. The molecule has 9 aromatic carbocycles. The molecule has 7 heteroatoms. The molecule has 0 fully saturated rings. The van der Waals surface area contributed by atoms with Crippen molar-refractivity contribution in [3.05, 3.63) is 206 Å². The molecule has 0 saturated carbocycles. The Morgan fingerprint density at radius 2 is 0.844 bits per heavy atom. The number of para-hydroxylation sites is 5. The fraction of sp³-hybridized carbons (Fsp3) is 0. The zero-order valence-electron chi connectivity index (χ0n) is 34.2. The molecule has 14 aromatic rings. The number of hydrogen-bond acceptors (Lipinski definition) is 4. The highest BCUT2D eigenvalue weighted by Gasteiger charge is 2.27. The average molecular weight is 835 g/mol. The molecule has 0 amide bonds. The summed E-state index contributed by atoms with van der Waals surface area (Å²) in [5.41, 5.74) is 10.6. The number of benzene rings is 9. The first-order valence-electron chi connectivity index (χ1n) is 21.5. The van der Waals surface area contributed by atoms with E-state index in [2.05, 4.69) is 202 Å². The van der Waals surface area contributed by atoms with E-state index >= 15 is 0 Å². The molecule has 0 saturated heterocycles. The van der Waals surface area contributed by atoms with Gasteiger partial charge in [0.2, 0.25) is 5.95 Å². The summed E-state index contributed by atoms with van der Waals surface area (Å²) >= 11 is 1.80. The Bertz CT molecular complexity index is 4140. The van der Waals surface area contributed by atoms with Gasteiger partial charge in [0.15, 0.2) is 11.6 Å². The van der Waals surface area contributed by atoms with Crippen LogP contribution in [0.2, 0.25) is 0 Å². The van der Waals surface area contributed by atoms with Crippen LogP contribution in [0.1, 0.15) is 0 Å². The van der Waals surface area contributed by atoms with Crippen LogP contribution in [0, 0.1) is 0 Å². The van der Waals surface area contributed by atoms with Gasteiger partial charge in [-0.15, -0.1) is 11.3 Å². The highest BCUT2D eigenvalue weighted by molar-refractivity contribution is 7.25. The zero-order valence-corrected chi connectivity index (χ0v) is 35.0. The van der Waals surface area contributed by atoms with Crippen molar-refractivity contribution in [2.45, 2.75) is 0 Å². The first-order chi connectivity index (χ1) is 31.8. The van der Waals surface area contributed by atoms with E-state index in [0.717, 1.165) is 66.4 Å². The molecule has 0 aliphatic rings. The minimum Gasteiger partial charge on any atom is -0.309 e. The van der Waals surface area contributed by atoms with Gasteiger partial charge in [0.05, 0.1) is 38.8 Å². The Morgan fingerprint density at radius 3 is 1.53 bits per heavy atom. The molecule has 0 radical (unpaired) electrons. The van der Waals surface area contributed by atoms with E-state index < -0.39 is 0 Å². The summed E-state index contributed by atoms with van der Waals surface area (Å²) in [4.78, 5) is 16.2. The fourth-order valence-electron chi connectivity index (χ4n) is 10.2. The maximum absolute atomic E-state index is 5.51. The molecule has 0 spiro atoms. The third-order valence-corrected chi connectivity index (χ3v) is 14.0. The maximum Gasteiger partial charge on any atom is 0.238 e. The second kappa shape index (κ2) is 13.6. The number of hydrogen-bond donors (Lipinski definition) is 0. The van der Waals surface area contributed by atoms with Crippen molar-refractivity contribution in [1.82, 2.24) is 28.7 Å². The molecule has 298 valence electrons. The molecular formula is C57H34N6S. The second-order valence-electron chi connectivity index (χ2n) is 16.4. The Hall–Kier alpha value is -8.39. The Morgan fingerprint density at radius 1 is 0.328 bits per heavy atom. The van der Waals surface area contributed by atoms with Crippen molar-refractivity contribution in [3.63, 3.8) is 0 Å². The topological polar surface area (TPSA) is 53.5 Å². The van der Waals surface area contributed by atoms with Gasteiger partial charge >= 0.3 is 0 Å².